The van der Waals surface area contributed by atoms with Crippen molar-refractivity contribution in [3.63, 3.8) is 0 Å². The smallest absolute Gasteiger partial charge is 0.123 e. The number of para-hydroxylation sites is 1. The highest BCUT2D eigenvalue weighted by atomic mass is 16.5. The van der Waals surface area contributed by atoms with Crippen molar-refractivity contribution in [3.8, 4) is 5.75 Å². The third kappa shape index (κ3) is 3.34. The van der Waals surface area contributed by atoms with Gasteiger partial charge in [-0.3, -0.25) is 0 Å². The van der Waals surface area contributed by atoms with E-state index in [1.807, 2.05) is 51.4 Å². The molecule has 2 aromatic rings. The molecule has 0 spiro atoms. The normalized spacial score (nSPS) is 9.41. The molecule has 0 aliphatic rings. The summed E-state index contributed by atoms with van der Waals surface area (Å²) in [4.78, 5) is 4.19. The third-order valence-corrected chi connectivity index (χ3v) is 2.46. The van der Waals surface area contributed by atoms with E-state index in [1.54, 1.807) is 7.11 Å². The maximum atomic E-state index is 5.30. The van der Waals surface area contributed by atoms with Crippen LogP contribution in [0.15, 0.2) is 36.7 Å². The molecule has 0 radical (unpaired) electrons. The van der Waals surface area contributed by atoms with Crippen LogP contribution in [0.4, 0.5) is 0 Å². The zero-order valence-electron chi connectivity index (χ0n) is 11.0. The second-order valence-corrected chi connectivity index (χ2v) is 3.41. The van der Waals surface area contributed by atoms with Crippen molar-refractivity contribution in [2.75, 3.05) is 7.11 Å². The Bertz CT molecular complexity index is 449. The summed E-state index contributed by atoms with van der Waals surface area (Å²) in [5.41, 5.74) is 1.17. The zero-order valence-corrected chi connectivity index (χ0v) is 11.0. The lowest BCUT2D eigenvalue weighted by Crippen LogP contribution is -2.02. The molecule has 0 bridgehead atoms. The monoisotopic (exact) mass is 232 g/mol. The van der Waals surface area contributed by atoms with E-state index in [9.17, 15) is 0 Å². The van der Waals surface area contributed by atoms with Crippen LogP contribution in [-0.4, -0.2) is 16.7 Å². The molecule has 0 saturated heterocycles. The maximum Gasteiger partial charge on any atom is 0.123 e. The molecule has 0 unspecified atom stereocenters. The Morgan fingerprint density at radius 1 is 1.24 bits per heavy atom. The number of methoxy groups -OCH3 is 1. The van der Waals surface area contributed by atoms with Gasteiger partial charge in [-0.05, 0) is 13.0 Å². The molecule has 17 heavy (non-hydrogen) atoms. The van der Waals surface area contributed by atoms with E-state index < -0.39 is 0 Å². The standard InChI is InChI=1S/C12H14N2O.C2H6/c1-10-13-7-8-14(10)9-11-5-3-4-6-12(11)15-2;1-2/h3-8H,9H2,1-2H3;1-2H3. The Morgan fingerprint density at radius 3 is 2.53 bits per heavy atom. The zero-order chi connectivity index (χ0) is 12.7. The van der Waals surface area contributed by atoms with Gasteiger partial charge in [-0.25, -0.2) is 4.98 Å². The van der Waals surface area contributed by atoms with E-state index in [0.29, 0.717) is 0 Å². The van der Waals surface area contributed by atoms with Gasteiger partial charge in [0.05, 0.1) is 13.7 Å². The molecule has 0 aliphatic heterocycles. The molecule has 0 saturated carbocycles. The first-order valence-electron chi connectivity index (χ1n) is 5.91. The predicted molar refractivity (Wildman–Crippen MR) is 70.4 cm³/mol. The van der Waals surface area contributed by atoms with E-state index >= 15 is 0 Å². The number of rotatable bonds is 3. The molecule has 1 aromatic heterocycles. The highest BCUT2D eigenvalue weighted by Gasteiger charge is 2.03. The van der Waals surface area contributed by atoms with Crippen molar-refractivity contribution >= 4 is 0 Å². The van der Waals surface area contributed by atoms with Gasteiger partial charge in [0.15, 0.2) is 0 Å². The minimum atomic E-state index is 0.801. The molecule has 3 nitrogen and oxygen atoms in total. The predicted octanol–water partition coefficient (Wildman–Crippen LogP) is 3.27. The number of ether oxygens (including phenoxy) is 1. The molecule has 92 valence electrons. The van der Waals surface area contributed by atoms with Gasteiger partial charge in [0, 0.05) is 18.0 Å². The molecule has 1 aromatic carbocycles. The highest BCUT2D eigenvalue weighted by molar-refractivity contribution is 5.33. The number of aromatic nitrogens is 2. The molecule has 3 heteroatoms. The molecule has 0 fully saturated rings. The average molecular weight is 232 g/mol. The number of hydrogen-bond acceptors (Lipinski definition) is 2. The molecule has 2 rings (SSSR count). The summed E-state index contributed by atoms with van der Waals surface area (Å²) < 4.78 is 7.40. The first-order valence-corrected chi connectivity index (χ1v) is 5.91. The second kappa shape index (κ2) is 6.74. The topological polar surface area (TPSA) is 27.1 Å². The molecule has 0 amide bonds. The summed E-state index contributed by atoms with van der Waals surface area (Å²) in [5.74, 6) is 1.94. The summed E-state index contributed by atoms with van der Waals surface area (Å²) in [6.45, 7) is 6.80. The van der Waals surface area contributed by atoms with Crippen molar-refractivity contribution in [1.29, 1.82) is 0 Å². The van der Waals surface area contributed by atoms with Crippen molar-refractivity contribution in [3.05, 3.63) is 48.0 Å². The maximum absolute atomic E-state index is 5.30. The van der Waals surface area contributed by atoms with Crippen LogP contribution in [-0.2, 0) is 6.54 Å². The lowest BCUT2D eigenvalue weighted by atomic mass is 10.2. The molecule has 1 heterocycles. The van der Waals surface area contributed by atoms with Crippen LogP contribution >= 0.6 is 0 Å². The van der Waals surface area contributed by atoms with Crippen molar-refractivity contribution in [2.24, 2.45) is 0 Å². The molecular weight excluding hydrogens is 212 g/mol. The van der Waals surface area contributed by atoms with Crippen molar-refractivity contribution in [2.45, 2.75) is 27.3 Å². The number of imidazole rings is 1. The van der Waals surface area contributed by atoms with Gasteiger partial charge in [-0.1, -0.05) is 32.0 Å². The fraction of sp³-hybridized carbons (Fsp3) is 0.357. The van der Waals surface area contributed by atoms with E-state index in [1.165, 1.54) is 5.56 Å². The van der Waals surface area contributed by atoms with Gasteiger partial charge in [0.1, 0.15) is 11.6 Å². The summed E-state index contributed by atoms with van der Waals surface area (Å²) in [6, 6.07) is 8.03. The number of aryl methyl sites for hydroxylation is 1. The van der Waals surface area contributed by atoms with Crippen LogP contribution in [0.5, 0.6) is 5.75 Å². The largest absolute Gasteiger partial charge is 0.496 e. The van der Waals surface area contributed by atoms with Gasteiger partial charge in [0.25, 0.3) is 0 Å². The first-order chi connectivity index (χ1) is 8.31. The summed E-state index contributed by atoms with van der Waals surface area (Å²) in [5, 5.41) is 0. The minimum Gasteiger partial charge on any atom is -0.496 e. The van der Waals surface area contributed by atoms with Gasteiger partial charge in [-0.2, -0.15) is 0 Å². The Balaban J connectivity index is 0.000000686. The fourth-order valence-corrected chi connectivity index (χ4v) is 1.59. The van der Waals surface area contributed by atoms with Crippen molar-refractivity contribution < 1.29 is 4.74 Å². The lowest BCUT2D eigenvalue weighted by Gasteiger charge is -2.09. The summed E-state index contributed by atoms with van der Waals surface area (Å²) in [6.07, 6.45) is 3.78. The summed E-state index contributed by atoms with van der Waals surface area (Å²) >= 11 is 0. The highest BCUT2D eigenvalue weighted by Crippen LogP contribution is 2.18. The Kier molecular flexibility index (Phi) is 5.27. The Morgan fingerprint density at radius 2 is 1.94 bits per heavy atom. The molecule has 0 atom stereocenters. The van der Waals surface area contributed by atoms with E-state index in [-0.39, 0.29) is 0 Å². The first kappa shape index (κ1) is 13.3. The fourth-order valence-electron chi connectivity index (χ4n) is 1.59. The Labute approximate surface area is 103 Å². The van der Waals surface area contributed by atoms with Gasteiger partial charge < -0.3 is 9.30 Å². The van der Waals surface area contributed by atoms with Crippen LogP contribution in [0.2, 0.25) is 0 Å². The SMILES string of the molecule is CC.COc1ccccc1Cn1ccnc1C. The summed E-state index contributed by atoms with van der Waals surface area (Å²) in [7, 11) is 1.69. The van der Waals surface area contributed by atoms with E-state index in [4.69, 9.17) is 4.74 Å². The number of hydrogen-bond donors (Lipinski definition) is 0. The van der Waals surface area contributed by atoms with Crippen LogP contribution in [0, 0.1) is 6.92 Å². The molecule has 0 aliphatic carbocycles. The molecular formula is C14H20N2O. The third-order valence-electron chi connectivity index (χ3n) is 2.46. The van der Waals surface area contributed by atoms with Crippen LogP contribution in [0.1, 0.15) is 25.2 Å². The van der Waals surface area contributed by atoms with Gasteiger partial charge >= 0.3 is 0 Å². The quantitative estimate of drug-likeness (QED) is 0.812. The Hall–Kier alpha value is -1.77. The lowest BCUT2D eigenvalue weighted by molar-refractivity contribution is 0.408. The second-order valence-electron chi connectivity index (χ2n) is 3.41. The number of benzene rings is 1. The van der Waals surface area contributed by atoms with E-state index in [2.05, 4.69) is 15.6 Å². The van der Waals surface area contributed by atoms with Crippen LogP contribution < -0.4 is 4.74 Å². The minimum absolute atomic E-state index is 0.801. The van der Waals surface area contributed by atoms with Gasteiger partial charge in [0.2, 0.25) is 0 Å². The average Bonchev–Trinajstić information content (AvgIpc) is 2.78. The van der Waals surface area contributed by atoms with Crippen molar-refractivity contribution in [1.82, 2.24) is 9.55 Å². The van der Waals surface area contributed by atoms with Crippen LogP contribution in [0.3, 0.4) is 0 Å². The number of nitrogens with zero attached hydrogens (tertiary/aromatic N) is 2. The molecule has 0 N–H and O–H groups in total. The van der Waals surface area contributed by atoms with E-state index in [0.717, 1.165) is 18.1 Å². The van der Waals surface area contributed by atoms with Crippen LogP contribution in [0.25, 0.3) is 0 Å². The van der Waals surface area contributed by atoms with Gasteiger partial charge in [-0.15, -0.1) is 0 Å².